The lowest BCUT2D eigenvalue weighted by atomic mass is 10.1. The van der Waals surface area contributed by atoms with E-state index in [4.69, 9.17) is 0 Å². The summed E-state index contributed by atoms with van der Waals surface area (Å²) in [6, 6.07) is 11.2. The average molecular weight is 131 g/mol. The molecule has 0 N–H and O–H groups in total. The molecule has 0 bridgehead atoms. The highest BCUT2D eigenvalue weighted by molar-refractivity contribution is 5.62. The Morgan fingerprint density at radius 2 is 2.30 bits per heavy atom. The van der Waals surface area contributed by atoms with Crippen LogP contribution in [0, 0.1) is 6.07 Å². The lowest BCUT2D eigenvalue weighted by Gasteiger charge is -1.96. The first-order chi connectivity index (χ1) is 4.84. The number of allylic oxidation sites excluding steroid dienone is 2. The highest BCUT2D eigenvalue weighted by Crippen LogP contribution is 2.10. The van der Waals surface area contributed by atoms with Gasteiger partial charge < -0.3 is 0 Å². The molecule has 0 saturated carbocycles. The molecule has 1 radical (unpaired) electrons. The quantitative estimate of drug-likeness (QED) is 0.549. The third-order valence-corrected chi connectivity index (χ3v) is 1.57. The van der Waals surface area contributed by atoms with Crippen molar-refractivity contribution >= 4 is 5.57 Å². The maximum atomic E-state index is 3.15. The summed E-state index contributed by atoms with van der Waals surface area (Å²) in [5.74, 6) is 0. The smallest absolute Gasteiger partial charge is 0.0103 e. The summed E-state index contributed by atoms with van der Waals surface area (Å²) >= 11 is 0. The van der Waals surface area contributed by atoms with E-state index in [1.165, 1.54) is 11.1 Å². The Morgan fingerprint density at radius 1 is 1.50 bits per heavy atom. The van der Waals surface area contributed by atoms with E-state index < -0.39 is 0 Å². The molecular weight excluding hydrogens is 120 g/mol. The molecule has 0 amide bonds. The number of hydrogen-bond donors (Lipinski definition) is 0. The molecule has 0 aromatic heterocycles. The van der Waals surface area contributed by atoms with E-state index in [-0.39, 0.29) is 0 Å². The van der Waals surface area contributed by atoms with Gasteiger partial charge in [0.2, 0.25) is 0 Å². The summed E-state index contributed by atoms with van der Waals surface area (Å²) in [7, 11) is 0. The minimum Gasteiger partial charge on any atom is -0.0841 e. The summed E-state index contributed by atoms with van der Waals surface area (Å²) in [4.78, 5) is 0. The van der Waals surface area contributed by atoms with Crippen molar-refractivity contribution in [2.75, 3.05) is 0 Å². The fraction of sp³-hybridized carbons (Fsp3) is 0.200. The van der Waals surface area contributed by atoms with Crippen molar-refractivity contribution in [3.05, 3.63) is 42.0 Å². The van der Waals surface area contributed by atoms with Gasteiger partial charge in [0.1, 0.15) is 0 Å². The SMILES string of the molecule is CC=C(C)c1[c]cccc1. The molecule has 1 aromatic rings. The molecule has 0 nitrogen and oxygen atoms in total. The molecule has 51 valence electrons. The monoisotopic (exact) mass is 131 g/mol. The fourth-order valence-corrected chi connectivity index (χ4v) is 0.794. The first-order valence-corrected chi connectivity index (χ1v) is 3.44. The van der Waals surface area contributed by atoms with E-state index in [0.29, 0.717) is 0 Å². The van der Waals surface area contributed by atoms with Gasteiger partial charge in [0, 0.05) is 0 Å². The van der Waals surface area contributed by atoms with Crippen molar-refractivity contribution in [1.29, 1.82) is 0 Å². The third kappa shape index (κ3) is 1.47. The van der Waals surface area contributed by atoms with Crippen LogP contribution in [0.15, 0.2) is 30.3 Å². The normalized spacial score (nSPS) is 11.6. The van der Waals surface area contributed by atoms with Crippen molar-refractivity contribution in [3.63, 3.8) is 0 Å². The summed E-state index contributed by atoms with van der Waals surface area (Å²) < 4.78 is 0. The van der Waals surface area contributed by atoms with Crippen LogP contribution in [0.3, 0.4) is 0 Å². The molecule has 0 heteroatoms. The van der Waals surface area contributed by atoms with Gasteiger partial charge in [0.05, 0.1) is 0 Å². The van der Waals surface area contributed by atoms with Gasteiger partial charge in [-0.3, -0.25) is 0 Å². The highest BCUT2D eigenvalue weighted by atomic mass is 13.9. The Balaban J connectivity index is 2.96. The Kier molecular flexibility index (Phi) is 2.27. The van der Waals surface area contributed by atoms with Gasteiger partial charge in [-0.05, 0) is 31.1 Å². The standard InChI is InChI=1S/C10H11/c1-3-9(2)10-7-5-4-6-8-10/h3-7H,1-2H3. The zero-order valence-corrected chi connectivity index (χ0v) is 6.39. The molecule has 0 saturated heterocycles. The lowest BCUT2D eigenvalue weighted by molar-refractivity contribution is 1.53. The van der Waals surface area contributed by atoms with Crippen LogP contribution in [0.5, 0.6) is 0 Å². The van der Waals surface area contributed by atoms with Crippen LogP contribution in [0.4, 0.5) is 0 Å². The second-order valence-corrected chi connectivity index (χ2v) is 2.25. The molecular formula is C10H11. The van der Waals surface area contributed by atoms with Crippen LogP contribution in [-0.2, 0) is 0 Å². The number of rotatable bonds is 1. The highest BCUT2D eigenvalue weighted by Gasteiger charge is 1.89. The molecule has 0 aliphatic heterocycles. The van der Waals surface area contributed by atoms with E-state index in [1.54, 1.807) is 0 Å². The summed E-state index contributed by atoms with van der Waals surface area (Å²) in [5, 5.41) is 0. The predicted molar refractivity (Wildman–Crippen MR) is 44.6 cm³/mol. The first kappa shape index (κ1) is 7.07. The van der Waals surface area contributed by atoms with E-state index in [0.717, 1.165) is 0 Å². The molecule has 0 unspecified atom stereocenters. The van der Waals surface area contributed by atoms with Crippen LogP contribution >= 0.6 is 0 Å². The molecule has 0 fully saturated rings. The largest absolute Gasteiger partial charge is 0.0841 e. The van der Waals surface area contributed by atoms with Gasteiger partial charge in [-0.25, -0.2) is 0 Å². The molecule has 1 rings (SSSR count). The van der Waals surface area contributed by atoms with Gasteiger partial charge >= 0.3 is 0 Å². The zero-order chi connectivity index (χ0) is 7.40. The molecule has 1 aromatic carbocycles. The number of hydrogen-bond acceptors (Lipinski definition) is 0. The summed E-state index contributed by atoms with van der Waals surface area (Å²) in [5.41, 5.74) is 2.46. The first-order valence-electron chi connectivity index (χ1n) is 3.44. The second-order valence-electron chi connectivity index (χ2n) is 2.25. The van der Waals surface area contributed by atoms with Crippen LogP contribution in [-0.4, -0.2) is 0 Å². The van der Waals surface area contributed by atoms with Crippen molar-refractivity contribution in [2.24, 2.45) is 0 Å². The Labute approximate surface area is 62.2 Å². The molecule has 0 spiro atoms. The molecule has 0 aliphatic rings. The van der Waals surface area contributed by atoms with E-state index >= 15 is 0 Å². The minimum absolute atomic E-state index is 1.19. The van der Waals surface area contributed by atoms with Crippen molar-refractivity contribution in [2.45, 2.75) is 13.8 Å². The van der Waals surface area contributed by atoms with Gasteiger partial charge in [0.15, 0.2) is 0 Å². The van der Waals surface area contributed by atoms with Crippen LogP contribution in [0.25, 0.3) is 5.57 Å². The van der Waals surface area contributed by atoms with Crippen molar-refractivity contribution in [1.82, 2.24) is 0 Å². The van der Waals surface area contributed by atoms with Crippen molar-refractivity contribution in [3.8, 4) is 0 Å². The van der Waals surface area contributed by atoms with E-state index in [2.05, 4.69) is 25.1 Å². The van der Waals surface area contributed by atoms with Gasteiger partial charge in [0.25, 0.3) is 0 Å². The zero-order valence-electron chi connectivity index (χ0n) is 6.39. The Morgan fingerprint density at radius 3 is 2.80 bits per heavy atom. The Hall–Kier alpha value is -1.04. The Bertz CT molecular complexity index is 219. The fourth-order valence-electron chi connectivity index (χ4n) is 0.794. The van der Waals surface area contributed by atoms with Gasteiger partial charge in [-0.15, -0.1) is 0 Å². The summed E-state index contributed by atoms with van der Waals surface area (Å²) in [6.07, 6.45) is 2.09. The molecule has 10 heavy (non-hydrogen) atoms. The predicted octanol–water partition coefficient (Wildman–Crippen LogP) is 2.91. The number of benzene rings is 1. The average Bonchev–Trinajstić information content (AvgIpc) is 2.05. The van der Waals surface area contributed by atoms with E-state index in [1.807, 2.05) is 25.1 Å². The molecule has 0 aliphatic carbocycles. The topological polar surface area (TPSA) is 0 Å². The van der Waals surface area contributed by atoms with Gasteiger partial charge in [-0.1, -0.05) is 30.3 Å². The van der Waals surface area contributed by atoms with Crippen LogP contribution < -0.4 is 0 Å². The maximum absolute atomic E-state index is 3.15. The maximum Gasteiger partial charge on any atom is -0.0103 e. The van der Waals surface area contributed by atoms with E-state index in [9.17, 15) is 0 Å². The minimum atomic E-state index is 1.19. The molecule has 0 heterocycles. The van der Waals surface area contributed by atoms with Gasteiger partial charge in [-0.2, -0.15) is 0 Å². The third-order valence-electron chi connectivity index (χ3n) is 1.57. The van der Waals surface area contributed by atoms with Crippen LogP contribution in [0.1, 0.15) is 19.4 Å². The summed E-state index contributed by atoms with van der Waals surface area (Å²) in [6.45, 7) is 4.13. The second kappa shape index (κ2) is 3.21. The molecule has 0 atom stereocenters. The van der Waals surface area contributed by atoms with Crippen molar-refractivity contribution < 1.29 is 0 Å². The van der Waals surface area contributed by atoms with Crippen LogP contribution in [0.2, 0.25) is 0 Å². The lowest BCUT2D eigenvalue weighted by Crippen LogP contribution is -1.75.